The second kappa shape index (κ2) is 6.39. The van der Waals surface area contributed by atoms with Crippen LogP contribution in [0.15, 0.2) is 6.07 Å². The maximum Gasteiger partial charge on any atom is 0.243 e. The van der Waals surface area contributed by atoms with Gasteiger partial charge in [-0.1, -0.05) is 0 Å². The summed E-state index contributed by atoms with van der Waals surface area (Å²) in [6.45, 7) is 10.6. The van der Waals surface area contributed by atoms with Gasteiger partial charge in [0.15, 0.2) is 0 Å². The van der Waals surface area contributed by atoms with Crippen LogP contribution in [0.4, 0.5) is 5.95 Å². The predicted octanol–water partition coefficient (Wildman–Crippen LogP) is 0.738. The van der Waals surface area contributed by atoms with Gasteiger partial charge >= 0.3 is 0 Å². The molecule has 6 heteroatoms. The van der Waals surface area contributed by atoms with Crippen LogP contribution in [0.25, 0.3) is 0 Å². The van der Waals surface area contributed by atoms with Crippen molar-refractivity contribution in [3.05, 3.63) is 17.5 Å². The molecule has 2 rings (SSSR count). The molecule has 1 N–H and O–H groups in total. The number of amides is 1. The number of carbonyl (C=O) groups is 1. The van der Waals surface area contributed by atoms with Crippen molar-refractivity contribution in [2.45, 2.75) is 39.8 Å². The highest BCUT2D eigenvalue weighted by Crippen LogP contribution is 2.19. The molecule has 0 aromatic carbocycles. The molecule has 6 nitrogen and oxygen atoms in total. The molecule has 116 valence electrons. The van der Waals surface area contributed by atoms with Gasteiger partial charge in [0.1, 0.15) is 6.04 Å². The Morgan fingerprint density at radius 2 is 1.90 bits per heavy atom. The summed E-state index contributed by atoms with van der Waals surface area (Å²) in [5.41, 5.74) is 1.86. The Balaban J connectivity index is 2.29. The topological polar surface area (TPSA) is 61.4 Å². The maximum atomic E-state index is 12.3. The second-order valence-corrected chi connectivity index (χ2v) is 5.86. The largest absolute Gasteiger partial charge is 0.357 e. The summed E-state index contributed by atoms with van der Waals surface area (Å²) in [7, 11) is 1.68. The summed E-state index contributed by atoms with van der Waals surface area (Å²) < 4.78 is 0. The van der Waals surface area contributed by atoms with Crippen molar-refractivity contribution in [1.29, 1.82) is 0 Å². The van der Waals surface area contributed by atoms with E-state index in [-0.39, 0.29) is 11.9 Å². The molecule has 0 spiro atoms. The lowest BCUT2D eigenvalue weighted by molar-refractivity contribution is -0.123. The molecule has 0 radical (unpaired) electrons. The molecular formula is C15H25N5O. The summed E-state index contributed by atoms with van der Waals surface area (Å²) >= 11 is 0. The van der Waals surface area contributed by atoms with Crippen molar-refractivity contribution in [3.8, 4) is 0 Å². The molecular weight excluding hydrogens is 266 g/mol. The molecule has 1 fully saturated rings. The number of nitrogens with one attached hydrogen (secondary N) is 1. The van der Waals surface area contributed by atoms with Crippen LogP contribution in [0.5, 0.6) is 0 Å². The molecule has 1 aromatic rings. The summed E-state index contributed by atoms with van der Waals surface area (Å²) in [4.78, 5) is 25.6. The fraction of sp³-hybridized carbons (Fsp3) is 0.667. The lowest BCUT2D eigenvalue weighted by Gasteiger charge is -2.42. The first-order chi connectivity index (χ1) is 9.92. The molecule has 1 aliphatic rings. The average Bonchev–Trinajstić information content (AvgIpc) is 2.44. The van der Waals surface area contributed by atoms with E-state index >= 15 is 0 Å². The van der Waals surface area contributed by atoms with E-state index in [9.17, 15) is 4.79 Å². The second-order valence-electron chi connectivity index (χ2n) is 5.86. The van der Waals surface area contributed by atoms with Crippen LogP contribution in [-0.2, 0) is 4.79 Å². The Kier molecular flexibility index (Phi) is 4.77. The predicted molar refractivity (Wildman–Crippen MR) is 83.4 cm³/mol. The van der Waals surface area contributed by atoms with Crippen LogP contribution >= 0.6 is 0 Å². The number of anilines is 1. The number of nitrogens with zero attached hydrogens (tertiary/aromatic N) is 4. The molecule has 1 amide bonds. The Morgan fingerprint density at radius 1 is 1.29 bits per heavy atom. The van der Waals surface area contributed by atoms with Crippen LogP contribution in [0.3, 0.4) is 0 Å². The molecule has 0 unspecified atom stereocenters. The minimum Gasteiger partial charge on any atom is -0.357 e. The Hall–Kier alpha value is -1.69. The van der Waals surface area contributed by atoms with Crippen molar-refractivity contribution in [2.75, 3.05) is 31.6 Å². The molecule has 1 aliphatic heterocycles. The highest BCUT2D eigenvalue weighted by atomic mass is 16.2. The van der Waals surface area contributed by atoms with E-state index in [1.807, 2.05) is 24.8 Å². The molecule has 0 aliphatic carbocycles. The van der Waals surface area contributed by atoms with E-state index in [1.54, 1.807) is 7.05 Å². The number of piperazine rings is 1. The normalized spacial score (nSPS) is 19.9. The molecule has 21 heavy (non-hydrogen) atoms. The summed E-state index contributed by atoms with van der Waals surface area (Å²) in [5, 5.41) is 2.76. The Morgan fingerprint density at radius 3 is 2.43 bits per heavy atom. The molecule has 1 atom stereocenters. The van der Waals surface area contributed by atoms with Crippen LogP contribution in [0, 0.1) is 13.8 Å². The SMILES string of the molecule is CNC(=O)[C@@H]1CN(C(C)C)CCN1c1nc(C)cc(C)n1. The number of carbonyl (C=O) groups excluding carboxylic acids is 1. The average molecular weight is 291 g/mol. The van der Waals surface area contributed by atoms with Gasteiger partial charge in [-0.25, -0.2) is 9.97 Å². The van der Waals surface area contributed by atoms with Crippen molar-refractivity contribution < 1.29 is 4.79 Å². The van der Waals surface area contributed by atoms with Crippen molar-refractivity contribution in [3.63, 3.8) is 0 Å². The number of hydrogen-bond acceptors (Lipinski definition) is 5. The van der Waals surface area contributed by atoms with Crippen LogP contribution < -0.4 is 10.2 Å². The van der Waals surface area contributed by atoms with Crippen molar-refractivity contribution in [2.24, 2.45) is 0 Å². The van der Waals surface area contributed by atoms with Crippen LogP contribution in [-0.4, -0.2) is 59.5 Å². The van der Waals surface area contributed by atoms with Gasteiger partial charge in [0.05, 0.1) is 0 Å². The Labute approximate surface area is 126 Å². The van der Waals surface area contributed by atoms with Gasteiger partial charge < -0.3 is 10.2 Å². The third kappa shape index (κ3) is 3.50. The van der Waals surface area contributed by atoms with Gasteiger partial charge in [-0.15, -0.1) is 0 Å². The van der Waals surface area contributed by atoms with Crippen LogP contribution in [0.1, 0.15) is 25.2 Å². The van der Waals surface area contributed by atoms with E-state index in [2.05, 4.69) is 34.0 Å². The molecule has 0 saturated carbocycles. The summed E-state index contributed by atoms with van der Waals surface area (Å²) in [5.74, 6) is 0.674. The summed E-state index contributed by atoms with van der Waals surface area (Å²) in [6, 6.07) is 2.13. The Bertz CT molecular complexity index is 497. The quantitative estimate of drug-likeness (QED) is 0.890. The van der Waals surface area contributed by atoms with Gasteiger partial charge in [-0.2, -0.15) is 0 Å². The number of rotatable bonds is 3. The standard InChI is InChI=1S/C15H25N5O/c1-10(2)19-6-7-20(13(9-19)14(21)16-5)15-17-11(3)8-12(4)18-15/h8,10,13H,6-7,9H2,1-5H3,(H,16,21)/t13-/m0/s1. The van der Waals surface area contributed by atoms with Gasteiger partial charge in [0, 0.05) is 44.1 Å². The van der Waals surface area contributed by atoms with E-state index in [1.165, 1.54) is 0 Å². The third-order valence-electron chi connectivity index (χ3n) is 3.92. The first kappa shape index (κ1) is 15.7. The van der Waals surface area contributed by atoms with Gasteiger partial charge in [-0.05, 0) is 33.8 Å². The number of likely N-dealkylation sites (N-methyl/N-ethyl adjacent to an activating group) is 1. The number of hydrogen-bond donors (Lipinski definition) is 1. The minimum absolute atomic E-state index is 0.0168. The first-order valence-corrected chi connectivity index (χ1v) is 7.47. The lowest BCUT2D eigenvalue weighted by Crippen LogP contribution is -2.60. The molecule has 1 saturated heterocycles. The highest BCUT2D eigenvalue weighted by Gasteiger charge is 2.34. The van der Waals surface area contributed by atoms with Crippen molar-refractivity contribution in [1.82, 2.24) is 20.2 Å². The van der Waals surface area contributed by atoms with Crippen LogP contribution in [0.2, 0.25) is 0 Å². The van der Waals surface area contributed by atoms with E-state index in [0.29, 0.717) is 18.5 Å². The molecule has 1 aromatic heterocycles. The fourth-order valence-corrected chi connectivity index (χ4v) is 2.74. The van der Waals surface area contributed by atoms with Crippen molar-refractivity contribution >= 4 is 11.9 Å². The van der Waals surface area contributed by atoms with E-state index in [0.717, 1.165) is 24.5 Å². The summed E-state index contributed by atoms with van der Waals surface area (Å²) in [6.07, 6.45) is 0. The van der Waals surface area contributed by atoms with E-state index < -0.39 is 0 Å². The number of aromatic nitrogens is 2. The number of aryl methyl sites for hydroxylation is 2. The molecule has 2 heterocycles. The zero-order valence-electron chi connectivity index (χ0n) is 13.6. The third-order valence-corrected chi connectivity index (χ3v) is 3.92. The smallest absolute Gasteiger partial charge is 0.243 e. The fourth-order valence-electron chi connectivity index (χ4n) is 2.74. The zero-order chi connectivity index (χ0) is 15.6. The van der Waals surface area contributed by atoms with Gasteiger partial charge in [0.2, 0.25) is 11.9 Å². The van der Waals surface area contributed by atoms with E-state index in [4.69, 9.17) is 0 Å². The lowest BCUT2D eigenvalue weighted by atomic mass is 10.1. The maximum absolute atomic E-state index is 12.3. The highest BCUT2D eigenvalue weighted by molar-refractivity contribution is 5.85. The zero-order valence-corrected chi connectivity index (χ0v) is 13.6. The monoisotopic (exact) mass is 291 g/mol. The molecule has 0 bridgehead atoms. The van der Waals surface area contributed by atoms with Gasteiger partial charge in [0.25, 0.3) is 0 Å². The first-order valence-electron chi connectivity index (χ1n) is 7.47. The minimum atomic E-state index is -0.243. The van der Waals surface area contributed by atoms with Gasteiger partial charge in [-0.3, -0.25) is 9.69 Å².